The van der Waals surface area contributed by atoms with E-state index in [9.17, 15) is 23.9 Å². The van der Waals surface area contributed by atoms with Crippen LogP contribution in [0.1, 0.15) is 11.1 Å². The average molecular weight is 492 g/mol. The summed E-state index contributed by atoms with van der Waals surface area (Å²) in [5.41, 5.74) is 0.215. The van der Waals surface area contributed by atoms with Crippen molar-refractivity contribution in [2.75, 3.05) is 10.2 Å². The molecule has 6 rings (SSSR count). The molecule has 4 atom stereocenters. The number of phenolic OH excluding ortho intramolecular Hbond substituents is 1. The number of carbonyl (C=O) groups excluding carboxylic acids is 3. The predicted molar refractivity (Wildman–Crippen MR) is 126 cm³/mol. The number of carbonyl (C=O) groups is 3. The molecule has 0 aliphatic carbocycles. The number of anilines is 2. The molecule has 3 heterocycles. The van der Waals surface area contributed by atoms with E-state index in [1.54, 1.807) is 30.3 Å². The van der Waals surface area contributed by atoms with Gasteiger partial charge in [0.1, 0.15) is 17.1 Å². The van der Waals surface area contributed by atoms with Crippen molar-refractivity contribution >= 4 is 40.7 Å². The van der Waals surface area contributed by atoms with E-state index >= 15 is 0 Å². The summed E-state index contributed by atoms with van der Waals surface area (Å²) in [4.78, 5) is 42.2. The number of hydrogen-bond donors (Lipinski definition) is 3. The normalized spacial score (nSPS) is 26.9. The molecule has 9 heteroatoms. The molecule has 3 amide bonds. The largest absolute Gasteiger partial charge is 0.508 e. The monoisotopic (exact) mass is 491 g/mol. The standard InChI is InChI=1S/C26H19ClFN3O4/c27-14-2-1-3-16(11-14)31-23(33)21-20(10-13-4-7-17(32)8-5-13)30-26(22(21)24(31)34)18-12-15(28)6-9-19(18)29-25(26)35/h1-9,11-12,20-22,30,32H,10H2,(H,29,35)/t20-,21+,22-,26-/m0/s1. The Labute approximate surface area is 204 Å². The van der Waals surface area contributed by atoms with Gasteiger partial charge in [-0.1, -0.05) is 29.8 Å². The van der Waals surface area contributed by atoms with Crippen LogP contribution in [-0.2, 0) is 26.3 Å². The van der Waals surface area contributed by atoms with Crippen LogP contribution < -0.4 is 15.5 Å². The summed E-state index contributed by atoms with van der Waals surface area (Å²) in [6.45, 7) is 0. The van der Waals surface area contributed by atoms with Gasteiger partial charge >= 0.3 is 0 Å². The zero-order valence-corrected chi connectivity index (χ0v) is 18.9. The third-order valence-electron chi connectivity index (χ3n) is 7.14. The number of nitrogens with zero attached hydrogens (tertiary/aromatic N) is 1. The van der Waals surface area contributed by atoms with E-state index in [4.69, 9.17) is 11.6 Å². The molecule has 1 spiro atoms. The van der Waals surface area contributed by atoms with Crippen LogP contribution in [0.25, 0.3) is 0 Å². The Morgan fingerprint density at radius 1 is 1.00 bits per heavy atom. The van der Waals surface area contributed by atoms with Crippen LogP contribution in [0.15, 0.2) is 66.7 Å². The highest BCUT2D eigenvalue weighted by molar-refractivity contribution is 6.31. The quantitative estimate of drug-likeness (QED) is 0.488. The Morgan fingerprint density at radius 2 is 1.77 bits per heavy atom. The molecule has 0 unspecified atom stereocenters. The van der Waals surface area contributed by atoms with Crippen LogP contribution in [0.2, 0.25) is 5.02 Å². The SMILES string of the molecule is O=C1[C@@H]2[C@H](Cc3ccc(O)cc3)N[C@]3(C(=O)Nc4ccc(F)cc43)[C@@H]2C(=O)N1c1cccc(Cl)c1. The number of amides is 3. The van der Waals surface area contributed by atoms with Crippen molar-refractivity contribution < 1.29 is 23.9 Å². The Kier molecular flexibility index (Phi) is 4.74. The number of imide groups is 1. The maximum atomic E-state index is 14.3. The van der Waals surface area contributed by atoms with Gasteiger partial charge in [0.05, 0.1) is 17.5 Å². The van der Waals surface area contributed by atoms with E-state index in [0.29, 0.717) is 28.4 Å². The third kappa shape index (κ3) is 3.10. The van der Waals surface area contributed by atoms with Crippen LogP contribution in [0, 0.1) is 17.7 Å². The van der Waals surface area contributed by atoms with Crippen LogP contribution in [0.3, 0.4) is 0 Å². The second-order valence-electron chi connectivity index (χ2n) is 9.07. The second kappa shape index (κ2) is 7.63. The minimum atomic E-state index is -1.61. The fourth-order valence-corrected chi connectivity index (χ4v) is 5.89. The Balaban J connectivity index is 1.50. The fourth-order valence-electron chi connectivity index (χ4n) is 5.70. The molecule has 3 aromatic rings. The topological polar surface area (TPSA) is 98.7 Å². The maximum absolute atomic E-state index is 14.3. The molecule has 3 aliphatic heterocycles. The number of halogens is 2. The average Bonchev–Trinajstić information content (AvgIpc) is 3.40. The molecule has 0 bridgehead atoms. The summed E-state index contributed by atoms with van der Waals surface area (Å²) in [7, 11) is 0. The van der Waals surface area contributed by atoms with Gasteiger partial charge in [0, 0.05) is 22.3 Å². The molecule has 176 valence electrons. The number of aromatic hydroxyl groups is 1. The van der Waals surface area contributed by atoms with Crippen molar-refractivity contribution in [3.05, 3.63) is 88.7 Å². The highest BCUT2D eigenvalue weighted by Gasteiger charge is 2.70. The summed E-state index contributed by atoms with van der Waals surface area (Å²) in [6, 6.07) is 16.2. The molecule has 3 aliphatic rings. The fraction of sp³-hybridized carbons (Fsp3) is 0.192. The molecule has 3 aromatic carbocycles. The molecular weight excluding hydrogens is 473 g/mol. The van der Waals surface area contributed by atoms with Gasteiger partial charge < -0.3 is 10.4 Å². The van der Waals surface area contributed by atoms with Crippen LogP contribution in [0.4, 0.5) is 15.8 Å². The molecule has 0 radical (unpaired) electrons. The maximum Gasteiger partial charge on any atom is 0.250 e. The summed E-state index contributed by atoms with van der Waals surface area (Å²) in [6.07, 6.45) is 0.309. The van der Waals surface area contributed by atoms with Gasteiger partial charge in [-0.2, -0.15) is 0 Å². The minimum Gasteiger partial charge on any atom is -0.508 e. The molecule has 0 aromatic heterocycles. The van der Waals surface area contributed by atoms with Gasteiger partial charge in [-0.25, -0.2) is 9.29 Å². The van der Waals surface area contributed by atoms with Crippen molar-refractivity contribution in [1.29, 1.82) is 0 Å². The van der Waals surface area contributed by atoms with Gasteiger partial charge in [-0.3, -0.25) is 19.7 Å². The Bertz CT molecular complexity index is 1410. The van der Waals surface area contributed by atoms with E-state index < -0.39 is 47.0 Å². The smallest absolute Gasteiger partial charge is 0.250 e. The first kappa shape index (κ1) is 21.8. The van der Waals surface area contributed by atoms with Crippen LogP contribution >= 0.6 is 11.6 Å². The predicted octanol–water partition coefficient (Wildman–Crippen LogP) is 3.35. The van der Waals surface area contributed by atoms with E-state index in [1.165, 1.54) is 36.4 Å². The summed E-state index contributed by atoms with van der Waals surface area (Å²) < 4.78 is 14.3. The zero-order valence-electron chi connectivity index (χ0n) is 18.2. The van der Waals surface area contributed by atoms with Crippen molar-refractivity contribution in [2.24, 2.45) is 11.8 Å². The molecule has 2 fully saturated rings. The van der Waals surface area contributed by atoms with Crippen molar-refractivity contribution in [3.63, 3.8) is 0 Å². The number of hydrogen-bond acceptors (Lipinski definition) is 5. The first-order valence-corrected chi connectivity index (χ1v) is 11.5. The van der Waals surface area contributed by atoms with Gasteiger partial charge in [-0.15, -0.1) is 0 Å². The van der Waals surface area contributed by atoms with E-state index in [2.05, 4.69) is 10.6 Å². The first-order chi connectivity index (χ1) is 16.8. The van der Waals surface area contributed by atoms with Crippen molar-refractivity contribution in [2.45, 2.75) is 18.0 Å². The van der Waals surface area contributed by atoms with Crippen LogP contribution in [-0.4, -0.2) is 28.9 Å². The lowest BCUT2D eigenvalue weighted by Crippen LogP contribution is -2.53. The Morgan fingerprint density at radius 3 is 2.51 bits per heavy atom. The van der Waals surface area contributed by atoms with Gasteiger partial charge in [0.15, 0.2) is 0 Å². The number of nitrogens with one attached hydrogen (secondary N) is 2. The summed E-state index contributed by atoms with van der Waals surface area (Å²) in [5, 5.41) is 16.0. The molecule has 2 saturated heterocycles. The third-order valence-corrected chi connectivity index (χ3v) is 7.37. The number of rotatable bonds is 3. The van der Waals surface area contributed by atoms with Crippen LogP contribution in [0.5, 0.6) is 5.75 Å². The van der Waals surface area contributed by atoms with E-state index in [-0.39, 0.29) is 5.75 Å². The van der Waals surface area contributed by atoms with Gasteiger partial charge in [0.2, 0.25) is 17.7 Å². The van der Waals surface area contributed by atoms with Gasteiger partial charge in [-0.05, 0) is 60.5 Å². The number of benzene rings is 3. The zero-order chi connectivity index (χ0) is 24.5. The molecular formula is C26H19ClFN3O4. The highest BCUT2D eigenvalue weighted by Crippen LogP contribution is 2.54. The molecule has 0 saturated carbocycles. The first-order valence-electron chi connectivity index (χ1n) is 11.1. The summed E-state index contributed by atoms with van der Waals surface area (Å²) >= 11 is 6.13. The molecule has 35 heavy (non-hydrogen) atoms. The summed E-state index contributed by atoms with van der Waals surface area (Å²) in [5.74, 6) is -3.92. The molecule has 3 N–H and O–H groups in total. The van der Waals surface area contributed by atoms with Crippen molar-refractivity contribution in [3.8, 4) is 5.75 Å². The Hall–Kier alpha value is -3.75. The lowest BCUT2D eigenvalue weighted by Gasteiger charge is -2.29. The molecule has 7 nitrogen and oxygen atoms in total. The minimum absolute atomic E-state index is 0.0984. The lowest BCUT2D eigenvalue weighted by molar-refractivity contribution is -0.130. The van der Waals surface area contributed by atoms with E-state index in [1.807, 2.05) is 0 Å². The van der Waals surface area contributed by atoms with Gasteiger partial charge in [0.25, 0.3) is 0 Å². The number of phenols is 1. The number of fused-ring (bicyclic) bond motifs is 4. The highest BCUT2D eigenvalue weighted by atomic mass is 35.5. The van der Waals surface area contributed by atoms with E-state index in [0.717, 1.165) is 10.5 Å². The lowest BCUT2D eigenvalue weighted by atomic mass is 9.76. The van der Waals surface area contributed by atoms with Crippen molar-refractivity contribution in [1.82, 2.24) is 5.32 Å². The second-order valence-corrected chi connectivity index (χ2v) is 9.51.